The maximum Gasteiger partial charge on any atom is 0.339 e. The third-order valence-corrected chi connectivity index (χ3v) is 5.22. The van der Waals surface area contributed by atoms with E-state index in [1.54, 1.807) is 24.3 Å². The van der Waals surface area contributed by atoms with Gasteiger partial charge in [-0.1, -0.05) is 29.8 Å². The largest absolute Gasteiger partial charge is 0.379 e. The van der Waals surface area contributed by atoms with Gasteiger partial charge >= 0.3 is 10.1 Å². The van der Waals surface area contributed by atoms with E-state index in [0.29, 0.717) is 10.6 Å². The molecule has 0 aliphatic heterocycles. The summed E-state index contributed by atoms with van der Waals surface area (Å²) in [4.78, 5) is 12.1. The molecule has 0 saturated carbocycles. The molecule has 3 aromatic rings. The summed E-state index contributed by atoms with van der Waals surface area (Å²) in [6, 6.07) is 17.0. The van der Waals surface area contributed by atoms with E-state index in [1.165, 1.54) is 30.3 Å². The van der Waals surface area contributed by atoms with Crippen molar-refractivity contribution in [3.8, 4) is 5.75 Å². The van der Waals surface area contributed by atoms with Crippen molar-refractivity contribution in [2.24, 2.45) is 0 Å². The molecule has 0 amide bonds. The van der Waals surface area contributed by atoms with Crippen molar-refractivity contribution in [3.05, 3.63) is 101 Å². The molecule has 0 heterocycles. The van der Waals surface area contributed by atoms with Crippen LogP contribution in [0.1, 0.15) is 15.9 Å². The van der Waals surface area contributed by atoms with Crippen LogP contribution in [0.3, 0.4) is 0 Å². The molecule has 0 N–H and O–H groups in total. The highest BCUT2D eigenvalue weighted by Crippen LogP contribution is 2.20. The van der Waals surface area contributed by atoms with Gasteiger partial charge < -0.3 is 4.18 Å². The van der Waals surface area contributed by atoms with E-state index in [-0.39, 0.29) is 16.4 Å². The monoisotopic (exact) mass is 416 g/mol. The Morgan fingerprint density at radius 2 is 1.64 bits per heavy atom. The maximum absolute atomic E-state index is 12.9. The van der Waals surface area contributed by atoms with Gasteiger partial charge in [0.2, 0.25) is 0 Å². The van der Waals surface area contributed by atoms with Crippen molar-refractivity contribution in [2.75, 3.05) is 0 Å². The average Bonchev–Trinajstić information content (AvgIpc) is 2.67. The number of halogens is 2. The van der Waals surface area contributed by atoms with Crippen molar-refractivity contribution in [2.45, 2.75) is 4.90 Å². The molecule has 0 spiro atoms. The van der Waals surface area contributed by atoms with Crippen LogP contribution in [0.2, 0.25) is 5.02 Å². The number of carbonyl (C=O) groups excluding carboxylic acids is 1. The van der Waals surface area contributed by atoms with E-state index in [9.17, 15) is 17.6 Å². The first-order valence-electron chi connectivity index (χ1n) is 8.12. The van der Waals surface area contributed by atoms with Gasteiger partial charge in [-0.05, 0) is 72.3 Å². The average molecular weight is 417 g/mol. The fourth-order valence-electron chi connectivity index (χ4n) is 2.33. The van der Waals surface area contributed by atoms with Gasteiger partial charge in [0.15, 0.2) is 5.78 Å². The molecule has 28 heavy (non-hydrogen) atoms. The smallest absolute Gasteiger partial charge is 0.339 e. The summed E-state index contributed by atoms with van der Waals surface area (Å²) in [5, 5.41) is 0.568. The number of rotatable bonds is 6. The molecule has 7 heteroatoms. The molecule has 0 aliphatic rings. The van der Waals surface area contributed by atoms with Crippen LogP contribution in [0.25, 0.3) is 6.08 Å². The molecule has 0 saturated heterocycles. The third-order valence-electron chi connectivity index (χ3n) is 3.72. The lowest BCUT2D eigenvalue weighted by Crippen LogP contribution is -2.09. The van der Waals surface area contributed by atoms with Crippen molar-refractivity contribution in [1.82, 2.24) is 0 Å². The summed E-state index contributed by atoms with van der Waals surface area (Å²) < 4.78 is 42.3. The topological polar surface area (TPSA) is 60.4 Å². The van der Waals surface area contributed by atoms with Crippen LogP contribution in [0, 0.1) is 5.82 Å². The summed E-state index contributed by atoms with van der Waals surface area (Å²) in [6.07, 6.45) is 3.04. The third kappa shape index (κ3) is 5.06. The second kappa shape index (κ2) is 8.37. The molecule has 0 atom stereocenters. The van der Waals surface area contributed by atoms with Gasteiger partial charge in [-0.25, -0.2) is 4.39 Å². The first kappa shape index (κ1) is 19.8. The molecule has 0 radical (unpaired) electrons. The second-order valence-corrected chi connectivity index (χ2v) is 7.75. The highest BCUT2D eigenvalue weighted by molar-refractivity contribution is 7.87. The summed E-state index contributed by atoms with van der Waals surface area (Å²) >= 11 is 5.90. The Labute approximate surface area is 167 Å². The number of benzene rings is 3. The van der Waals surface area contributed by atoms with Crippen LogP contribution in [0.4, 0.5) is 4.39 Å². The summed E-state index contributed by atoms with van der Waals surface area (Å²) in [5.41, 5.74) is 1.15. The molecular weight excluding hydrogens is 403 g/mol. The molecule has 142 valence electrons. The van der Waals surface area contributed by atoms with Crippen molar-refractivity contribution in [1.29, 1.82) is 0 Å². The Hall–Kier alpha value is -2.96. The van der Waals surface area contributed by atoms with Gasteiger partial charge in [-0.15, -0.1) is 0 Å². The van der Waals surface area contributed by atoms with E-state index < -0.39 is 15.9 Å². The minimum absolute atomic E-state index is 0.0414. The molecule has 0 bridgehead atoms. The Morgan fingerprint density at radius 3 is 2.29 bits per heavy atom. The van der Waals surface area contributed by atoms with Crippen molar-refractivity contribution in [3.63, 3.8) is 0 Å². The molecule has 4 nitrogen and oxygen atoms in total. The number of hydrogen-bond donors (Lipinski definition) is 0. The molecule has 3 aromatic carbocycles. The first-order chi connectivity index (χ1) is 13.3. The Morgan fingerprint density at radius 1 is 0.964 bits per heavy atom. The predicted octanol–water partition coefficient (Wildman–Crippen LogP) is 5.14. The minimum Gasteiger partial charge on any atom is -0.379 e. The fourth-order valence-corrected chi connectivity index (χ4v) is 3.46. The van der Waals surface area contributed by atoms with Crippen LogP contribution in [-0.2, 0) is 10.1 Å². The number of carbonyl (C=O) groups is 1. The van der Waals surface area contributed by atoms with Gasteiger partial charge in [-0.3, -0.25) is 4.79 Å². The summed E-state index contributed by atoms with van der Waals surface area (Å²) in [5.74, 6) is -0.764. The van der Waals surface area contributed by atoms with Gasteiger partial charge in [0.05, 0.1) is 0 Å². The van der Waals surface area contributed by atoms with Crippen LogP contribution >= 0.6 is 11.6 Å². The van der Waals surface area contributed by atoms with Crippen LogP contribution in [-0.4, -0.2) is 14.2 Å². The minimum atomic E-state index is -4.09. The van der Waals surface area contributed by atoms with E-state index in [4.69, 9.17) is 15.8 Å². The van der Waals surface area contributed by atoms with E-state index in [2.05, 4.69) is 0 Å². The standard InChI is InChI=1S/C21H14ClFO4S/c22-17-3-1-2-15(14-17)4-13-21(24)16-5-9-19(10-6-16)27-28(25,26)20-11-7-18(23)8-12-20/h1-14H/b13-4+. The summed E-state index contributed by atoms with van der Waals surface area (Å²) in [6.45, 7) is 0. The SMILES string of the molecule is O=C(/C=C/c1cccc(Cl)c1)c1ccc(OS(=O)(=O)c2ccc(F)cc2)cc1. The van der Waals surface area contributed by atoms with Crippen molar-refractivity contribution >= 4 is 33.6 Å². The molecular formula is C21H14ClFO4S. The predicted molar refractivity (Wildman–Crippen MR) is 105 cm³/mol. The van der Waals surface area contributed by atoms with Gasteiger partial charge in [0, 0.05) is 10.6 Å². The maximum atomic E-state index is 12.9. The lowest BCUT2D eigenvalue weighted by molar-refractivity contribution is 0.104. The van der Waals surface area contributed by atoms with Gasteiger partial charge in [0.25, 0.3) is 0 Å². The first-order valence-corrected chi connectivity index (χ1v) is 9.90. The Balaban J connectivity index is 1.70. The molecule has 0 fully saturated rings. The van der Waals surface area contributed by atoms with Crippen LogP contribution in [0.15, 0.2) is 83.8 Å². The molecule has 0 aromatic heterocycles. The summed E-state index contributed by atoms with van der Waals surface area (Å²) in [7, 11) is -4.09. The highest BCUT2D eigenvalue weighted by Gasteiger charge is 2.16. The lowest BCUT2D eigenvalue weighted by atomic mass is 10.1. The van der Waals surface area contributed by atoms with E-state index in [0.717, 1.165) is 29.8 Å². The Bertz CT molecular complexity index is 1120. The van der Waals surface area contributed by atoms with E-state index in [1.807, 2.05) is 6.07 Å². The lowest BCUT2D eigenvalue weighted by Gasteiger charge is -2.07. The molecule has 3 rings (SSSR count). The molecule has 0 aliphatic carbocycles. The fraction of sp³-hybridized carbons (Fsp3) is 0. The van der Waals surface area contributed by atoms with Crippen LogP contribution in [0.5, 0.6) is 5.75 Å². The zero-order chi connectivity index (χ0) is 20.1. The number of ketones is 1. The normalized spacial score (nSPS) is 11.5. The Kier molecular flexibility index (Phi) is 5.92. The number of hydrogen-bond acceptors (Lipinski definition) is 4. The van der Waals surface area contributed by atoms with Gasteiger partial charge in [-0.2, -0.15) is 8.42 Å². The highest BCUT2D eigenvalue weighted by atomic mass is 35.5. The zero-order valence-electron chi connectivity index (χ0n) is 14.4. The van der Waals surface area contributed by atoms with Crippen LogP contribution < -0.4 is 4.18 Å². The zero-order valence-corrected chi connectivity index (χ0v) is 16.0. The van der Waals surface area contributed by atoms with E-state index >= 15 is 0 Å². The van der Waals surface area contributed by atoms with Crippen molar-refractivity contribution < 1.29 is 21.8 Å². The molecule has 0 unspecified atom stereocenters. The second-order valence-electron chi connectivity index (χ2n) is 5.77. The number of allylic oxidation sites excluding steroid dienone is 1. The quantitative estimate of drug-likeness (QED) is 0.317. The van der Waals surface area contributed by atoms with Gasteiger partial charge in [0.1, 0.15) is 16.5 Å².